The van der Waals surface area contributed by atoms with Crippen LogP contribution >= 0.6 is 0 Å². The van der Waals surface area contributed by atoms with Crippen molar-refractivity contribution in [2.45, 2.75) is 6.92 Å². The largest absolute Gasteiger partial charge is 0.315 e. The first-order chi connectivity index (χ1) is 5.95. The zero-order valence-corrected chi connectivity index (χ0v) is 9.71. The van der Waals surface area contributed by atoms with Crippen LogP contribution in [0.4, 0.5) is 0 Å². The molecule has 0 heterocycles. The molecule has 4 nitrogen and oxygen atoms in total. The average Bonchev–Trinajstić information content (AvgIpc) is 2.01. The lowest BCUT2D eigenvalue weighted by molar-refractivity contribution is 0.598. The summed E-state index contributed by atoms with van der Waals surface area (Å²) in [5.41, 5.74) is 0. The Morgan fingerprint density at radius 3 is 2.38 bits per heavy atom. The SMILES string of the molecule is CCS(=O)CCNCCS(C)(=O)=O. The lowest BCUT2D eigenvalue weighted by atomic mass is 10.7. The van der Waals surface area contributed by atoms with Crippen molar-refractivity contribution in [2.75, 3.05) is 36.6 Å². The van der Waals surface area contributed by atoms with Crippen LogP contribution in [0.2, 0.25) is 0 Å². The van der Waals surface area contributed by atoms with Gasteiger partial charge in [0, 0.05) is 41.7 Å². The zero-order chi connectivity index (χ0) is 10.3. The van der Waals surface area contributed by atoms with Gasteiger partial charge in [-0.05, 0) is 0 Å². The molecule has 0 aliphatic heterocycles. The van der Waals surface area contributed by atoms with Gasteiger partial charge in [-0.1, -0.05) is 6.92 Å². The fraction of sp³-hybridized carbons (Fsp3) is 1.00. The highest BCUT2D eigenvalue weighted by Gasteiger charge is 2.00. The second-order valence-corrected chi connectivity index (χ2v) is 6.94. The minimum absolute atomic E-state index is 0.145. The number of hydrogen-bond donors (Lipinski definition) is 1. The Morgan fingerprint density at radius 2 is 1.92 bits per heavy atom. The normalized spacial score (nSPS) is 14.3. The fourth-order valence-electron chi connectivity index (χ4n) is 0.713. The van der Waals surface area contributed by atoms with Gasteiger partial charge >= 0.3 is 0 Å². The van der Waals surface area contributed by atoms with E-state index in [2.05, 4.69) is 5.32 Å². The Hall–Kier alpha value is 0.0600. The molecule has 0 aliphatic carbocycles. The fourth-order valence-corrected chi connectivity index (χ4v) is 1.89. The minimum Gasteiger partial charge on any atom is -0.315 e. The Bertz CT molecular complexity index is 248. The molecule has 13 heavy (non-hydrogen) atoms. The van der Waals surface area contributed by atoms with Crippen LogP contribution in [0.15, 0.2) is 0 Å². The Balaban J connectivity index is 3.33. The highest BCUT2D eigenvalue weighted by molar-refractivity contribution is 7.90. The van der Waals surface area contributed by atoms with Gasteiger partial charge in [0.2, 0.25) is 0 Å². The van der Waals surface area contributed by atoms with Crippen LogP contribution in [0.5, 0.6) is 0 Å². The van der Waals surface area contributed by atoms with Crippen LogP contribution in [-0.2, 0) is 20.6 Å². The standard InChI is InChI=1S/C7H17NO3S2/c1-3-12(9)6-4-8-5-7-13(2,10)11/h8H,3-7H2,1-2H3. The van der Waals surface area contributed by atoms with Gasteiger partial charge in [0.15, 0.2) is 0 Å². The molecule has 0 radical (unpaired) electrons. The van der Waals surface area contributed by atoms with Crippen molar-refractivity contribution in [3.63, 3.8) is 0 Å². The molecule has 0 aromatic heterocycles. The summed E-state index contributed by atoms with van der Waals surface area (Å²) in [7, 11) is -3.63. The summed E-state index contributed by atoms with van der Waals surface area (Å²) in [6.45, 7) is 2.93. The summed E-state index contributed by atoms with van der Waals surface area (Å²) < 4.78 is 32.3. The predicted molar refractivity (Wildman–Crippen MR) is 56.1 cm³/mol. The molecule has 0 saturated heterocycles. The van der Waals surface area contributed by atoms with Crippen molar-refractivity contribution >= 4 is 20.6 Å². The number of rotatable bonds is 7. The third kappa shape index (κ3) is 9.98. The van der Waals surface area contributed by atoms with E-state index in [0.717, 1.165) is 0 Å². The highest BCUT2D eigenvalue weighted by atomic mass is 32.2. The van der Waals surface area contributed by atoms with E-state index in [1.54, 1.807) is 0 Å². The van der Waals surface area contributed by atoms with Crippen molar-refractivity contribution in [3.8, 4) is 0 Å². The molecule has 0 aromatic rings. The Morgan fingerprint density at radius 1 is 1.31 bits per heavy atom. The van der Waals surface area contributed by atoms with Crippen molar-refractivity contribution in [1.82, 2.24) is 5.32 Å². The molecule has 0 aliphatic rings. The van der Waals surface area contributed by atoms with Crippen LogP contribution in [0.25, 0.3) is 0 Å². The van der Waals surface area contributed by atoms with E-state index in [1.165, 1.54) is 6.26 Å². The minimum atomic E-state index is -2.87. The van der Waals surface area contributed by atoms with Gasteiger partial charge in [-0.25, -0.2) is 8.42 Å². The van der Waals surface area contributed by atoms with Gasteiger partial charge < -0.3 is 5.32 Å². The van der Waals surface area contributed by atoms with E-state index in [0.29, 0.717) is 24.6 Å². The van der Waals surface area contributed by atoms with E-state index in [-0.39, 0.29) is 5.75 Å². The first-order valence-electron chi connectivity index (χ1n) is 4.19. The van der Waals surface area contributed by atoms with E-state index in [4.69, 9.17) is 0 Å². The molecule has 80 valence electrons. The predicted octanol–water partition coefficient (Wildman–Crippen LogP) is -0.611. The van der Waals surface area contributed by atoms with E-state index >= 15 is 0 Å². The third-order valence-electron chi connectivity index (χ3n) is 1.48. The number of sulfone groups is 1. The van der Waals surface area contributed by atoms with E-state index in [9.17, 15) is 12.6 Å². The van der Waals surface area contributed by atoms with Crippen LogP contribution in [0.1, 0.15) is 6.92 Å². The maximum atomic E-state index is 10.9. The highest BCUT2D eigenvalue weighted by Crippen LogP contribution is 1.81. The maximum Gasteiger partial charge on any atom is 0.148 e. The molecule has 0 bridgehead atoms. The first-order valence-corrected chi connectivity index (χ1v) is 7.74. The lowest BCUT2D eigenvalue weighted by Gasteiger charge is -2.02. The summed E-state index contributed by atoms with van der Waals surface area (Å²) in [4.78, 5) is 0. The van der Waals surface area contributed by atoms with E-state index in [1.807, 2.05) is 6.92 Å². The third-order valence-corrected chi connectivity index (χ3v) is 3.73. The summed E-state index contributed by atoms with van der Waals surface area (Å²) in [5, 5.41) is 2.93. The van der Waals surface area contributed by atoms with Crippen molar-refractivity contribution < 1.29 is 12.6 Å². The van der Waals surface area contributed by atoms with Gasteiger partial charge in [-0.2, -0.15) is 0 Å². The average molecular weight is 227 g/mol. The lowest BCUT2D eigenvalue weighted by Crippen LogP contribution is -2.26. The molecular formula is C7H17NO3S2. The molecule has 0 fully saturated rings. The van der Waals surface area contributed by atoms with Gasteiger partial charge in [-0.15, -0.1) is 0 Å². The van der Waals surface area contributed by atoms with E-state index < -0.39 is 20.6 Å². The Labute approximate surface area is 82.5 Å². The Kier molecular flexibility index (Phi) is 6.53. The molecule has 0 spiro atoms. The quantitative estimate of drug-likeness (QED) is 0.589. The number of hydrogen-bond acceptors (Lipinski definition) is 4. The van der Waals surface area contributed by atoms with Crippen LogP contribution in [0, 0.1) is 0 Å². The van der Waals surface area contributed by atoms with Crippen molar-refractivity contribution in [3.05, 3.63) is 0 Å². The van der Waals surface area contributed by atoms with Crippen LogP contribution < -0.4 is 5.32 Å². The second-order valence-electron chi connectivity index (χ2n) is 2.81. The zero-order valence-electron chi connectivity index (χ0n) is 8.08. The second kappa shape index (κ2) is 6.50. The summed E-state index contributed by atoms with van der Waals surface area (Å²) in [6, 6.07) is 0. The topological polar surface area (TPSA) is 63.2 Å². The molecule has 0 rings (SSSR count). The van der Waals surface area contributed by atoms with Crippen molar-refractivity contribution in [1.29, 1.82) is 0 Å². The molecule has 1 atom stereocenters. The van der Waals surface area contributed by atoms with Gasteiger partial charge in [0.1, 0.15) is 9.84 Å². The molecule has 1 unspecified atom stereocenters. The van der Waals surface area contributed by atoms with Gasteiger partial charge in [0.25, 0.3) is 0 Å². The number of nitrogens with one attached hydrogen (secondary N) is 1. The molecule has 0 amide bonds. The first kappa shape index (κ1) is 13.1. The van der Waals surface area contributed by atoms with Crippen molar-refractivity contribution in [2.24, 2.45) is 0 Å². The van der Waals surface area contributed by atoms with Crippen LogP contribution in [0.3, 0.4) is 0 Å². The summed E-state index contributed by atoms with van der Waals surface area (Å²) in [6.07, 6.45) is 1.21. The van der Waals surface area contributed by atoms with Gasteiger partial charge in [-0.3, -0.25) is 4.21 Å². The molecular weight excluding hydrogens is 210 g/mol. The van der Waals surface area contributed by atoms with Crippen LogP contribution in [-0.4, -0.2) is 49.2 Å². The van der Waals surface area contributed by atoms with Gasteiger partial charge in [0.05, 0.1) is 5.75 Å². The molecule has 1 N–H and O–H groups in total. The molecule has 0 aromatic carbocycles. The molecule has 0 saturated carbocycles. The monoisotopic (exact) mass is 227 g/mol. The molecule has 6 heteroatoms. The summed E-state index contributed by atoms with van der Waals surface area (Å²) >= 11 is 0. The summed E-state index contributed by atoms with van der Waals surface area (Å²) in [5.74, 6) is 1.40. The maximum absolute atomic E-state index is 10.9. The smallest absolute Gasteiger partial charge is 0.148 e.